The quantitative estimate of drug-likeness (QED) is 0.848. The fraction of sp³-hybridized carbons (Fsp3) is 0.0526. The van der Waals surface area contributed by atoms with Gasteiger partial charge in [0.1, 0.15) is 5.75 Å². The summed E-state index contributed by atoms with van der Waals surface area (Å²) >= 11 is 0. The Morgan fingerprint density at radius 3 is 1.62 bits per heavy atom. The van der Waals surface area contributed by atoms with Gasteiger partial charge >= 0.3 is 0 Å². The fourth-order valence-electron chi connectivity index (χ4n) is 2.58. The number of methoxy groups -OCH3 is 1. The Balaban J connectivity index is 2.10. The van der Waals surface area contributed by atoms with Crippen LogP contribution in [0, 0.1) is 0 Å². The van der Waals surface area contributed by atoms with Crippen LogP contribution in [0.2, 0.25) is 0 Å². The number of aliphatic hydroxyl groups excluding tert-OH is 2. The van der Waals surface area contributed by atoms with Crippen LogP contribution in [0.5, 0.6) is 5.75 Å². The van der Waals surface area contributed by atoms with Crippen molar-refractivity contribution >= 4 is 22.7 Å². The molecule has 24 heavy (non-hydrogen) atoms. The number of rotatable bonds is 3. The SMILES string of the molecule is COc1ccc(C2=C(O)C(=O)C(c3ccccc3)=C(O)C2=O)cc1. The van der Waals surface area contributed by atoms with Crippen molar-refractivity contribution in [1.82, 2.24) is 0 Å². The molecule has 0 saturated carbocycles. The first-order valence-electron chi connectivity index (χ1n) is 7.20. The molecule has 2 aromatic carbocycles. The Labute approximate surface area is 138 Å². The summed E-state index contributed by atoms with van der Waals surface area (Å²) in [7, 11) is 1.50. The van der Waals surface area contributed by atoms with Gasteiger partial charge in [0.25, 0.3) is 0 Å². The fourth-order valence-corrected chi connectivity index (χ4v) is 2.58. The monoisotopic (exact) mass is 322 g/mol. The Kier molecular flexibility index (Phi) is 3.92. The molecule has 0 heterocycles. The highest BCUT2D eigenvalue weighted by Crippen LogP contribution is 2.34. The molecule has 0 fully saturated rings. The minimum absolute atomic E-state index is 0.199. The minimum Gasteiger partial charge on any atom is -0.504 e. The van der Waals surface area contributed by atoms with E-state index >= 15 is 0 Å². The number of hydrogen-bond donors (Lipinski definition) is 2. The third-order valence-corrected chi connectivity index (χ3v) is 3.80. The number of hydrogen-bond acceptors (Lipinski definition) is 5. The first-order chi connectivity index (χ1) is 11.5. The lowest BCUT2D eigenvalue weighted by Gasteiger charge is -2.18. The molecule has 2 N–H and O–H groups in total. The smallest absolute Gasteiger partial charge is 0.232 e. The zero-order valence-electron chi connectivity index (χ0n) is 12.8. The van der Waals surface area contributed by atoms with Crippen molar-refractivity contribution in [2.45, 2.75) is 0 Å². The highest BCUT2D eigenvalue weighted by atomic mass is 16.5. The molecule has 2 aromatic rings. The molecule has 0 atom stereocenters. The lowest BCUT2D eigenvalue weighted by Crippen LogP contribution is -2.22. The molecule has 0 unspecified atom stereocenters. The van der Waals surface area contributed by atoms with Crippen molar-refractivity contribution in [1.29, 1.82) is 0 Å². The molecule has 5 nitrogen and oxygen atoms in total. The Bertz CT molecular complexity index is 874. The number of carbonyl (C=O) groups excluding carboxylic acids is 2. The highest BCUT2D eigenvalue weighted by molar-refractivity contribution is 6.46. The van der Waals surface area contributed by atoms with Crippen LogP contribution in [-0.4, -0.2) is 28.9 Å². The van der Waals surface area contributed by atoms with Gasteiger partial charge in [0, 0.05) is 0 Å². The van der Waals surface area contributed by atoms with Crippen molar-refractivity contribution in [3.63, 3.8) is 0 Å². The highest BCUT2D eigenvalue weighted by Gasteiger charge is 2.36. The van der Waals surface area contributed by atoms with Crippen LogP contribution >= 0.6 is 0 Å². The van der Waals surface area contributed by atoms with Gasteiger partial charge in [0.2, 0.25) is 11.6 Å². The van der Waals surface area contributed by atoms with E-state index in [9.17, 15) is 19.8 Å². The molecule has 0 bridgehead atoms. The number of allylic oxidation sites excluding steroid dienone is 2. The van der Waals surface area contributed by atoms with Gasteiger partial charge in [-0.1, -0.05) is 42.5 Å². The van der Waals surface area contributed by atoms with Crippen LogP contribution < -0.4 is 4.74 Å². The molecule has 0 saturated heterocycles. The van der Waals surface area contributed by atoms with Gasteiger partial charge in [0.15, 0.2) is 11.5 Å². The normalized spacial score (nSPS) is 15.0. The van der Waals surface area contributed by atoms with Gasteiger partial charge in [-0.2, -0.15) is 0 Å². The van der Waals surface area contributed by atoms with Crippen molar-refractivity contribution < 1.29 is 24.5 Å². The summed E-state index contributed by atoms with van der Waals surface area (Å²) in [6.07, 6.45) is 0. The third kappa shape index (κ3) is 2.46. The van der Waals surface area contributed by atoms with E-state index in [1.165, 1.54) is 19.2 Å². The average Bonchev–Trinajstić information content (AvgIpc) is 2.62. The first kappa shape index (κ1) is 15.6. The lowest BCUT2D eigenvalue weighted by atomic mass is 9.86. The molecule has 1 aliphatic rings. The lowest BCUT2D eigenvalue weighted by molar-refractivity contribution is -0.116. The molecule has 1 aliphatic carbocycles. The van der Waals surface area contributed by atoms with Gasteiger partial charge in [-0.3, -0.25) is 9.59 Å². The van der Waals surface area contributed by atoms with Crippen molar-refractivity contribution in [3.05, 3.63) is 77.2 Å². The second-order valence-electron chi connectivity index (χ2n) is 5.20. The van der Waals surface area contributed by atoms with Gasteiger partial charge < -0.3 is 14.9 Å². The van der Waals surface area contributed by atoms with E-state index in [1.54, 1.807) is 42.5 Å². The van der Waals surface area contributed by atoms with Crippen LogP contribution in [0.3, 0.4) is 0 Å². The van der Waals surface area contributed by atoms with E-state index in [0.717, 1.165) is 0 Å². The van der Waals surface area contributed by atoms with E-state index in [4.69, 9.17) is 4.74 Å². The second-order valence-corrected chi connectivity index (χ2v) is 5.20. The van der Waals surface area contributed by atoms with E-state index < -0.39 is 23.1 Å². The van der Waals surface area contributed by atoms with Gasteiger partial charge in [-0.25, -0.2) is 0 Å². The molecule has 0 radical (unpaired) electrons. The third-order valence-electron chi connectivity index (χ3n) is 3.80. The summed E-state index contributed by atoms with van der Waals surface area (Å²) in [6.45, 7) is 0. The molecular formula is C19H14O5. The predicted molar refractivity (Wildman–Crippen MR) is 88.5 cm³/mol. The molecule has 0 spiro atoms. The molecular weight excluding hydrogens is 308 g/mol. The second kappa shape index (κ2) is 6.04. The standard InChI is InChI=1S/C19H14O5/c1-24-13-9-7-12(8-10-13)15-18(22)16(20)14(17(21)19(15)23)11-5-3-2-4-6-11/h2-10,20,23H,1H3. The maximum Gasteiger partial charge on any atom is 0.232 e. The van der Waals surface area contributed by atoms with Crippen molar-refractivity contribution in [2.75, 3.05) is 7.11 Å². The largest absolute Gasteiger partial charge is 0.504 e. The summed E-state index contributed by atoms with van der Waals surface area (Å²) in [4.78, 5) is 25.0. The van der Waals surface area contributed by atoms with Crippen LogP contribution in [0.15, 0.2) is 66.1 Å². The van der Waals surface area contributed by atoms with Gasteiger partial charge in [0.05, 0.1) is 18.3 Å². The maximum atomic E-state index is 12.5. The Hall–Kier alpha value is -3.34. The number of Topliss-reactive ketones (excluding diaryl/α,β-unsaturated/α-hetero) is 2. The van der Waals surface area contributed by atoms with Gasteiger partial charge in [-0.05, 0) is 23.3 Å². The minimum atomic E-state index is -0.795. The van der Waals surface area contributed by atoms with Crippen LogP contribution in [0.25, 0.3) is 11.1 Å². The Morgan fingerprint density at radius 2 is 1.17 bits per heavy atom. The number of ether oxygens (including phenoxy) is 1. The molecule has 0 amide bonds. The Morgan fingerprint density at radius 1 is 0.708 bits per heavy atom. The van der Waals surface area contributed by atoms with E-state index in [2.05, 4.69) is 0 Å². The zero-order chi connectivity index (χ0) is 17.3. The summed E-state index contributed by atoms with van der Waals surface area (Å²) in [5, 5.41) is 20.5. The summed E-state index contributed by atoms with van der Waals surface area (Å²) in [5.41, 5.74) is 0.272. The molecule has 120 valence electrons. The molecule has 0 aromatic heterocycles. The van der Waals surface area contributed by atoms with E-state index in [0.29, 0.717) is 16.9 Å². The summed E-state index contributed by atoms with van der Waals surface area (Å²) in [5.74, 6) is -2.37. The van der Waals surface area contributed by atoms with Crippen molar-refractivity contribution in [3.8, 4) is 5.75 Å². The number of aliphatic hydroxyl groups is 2. The molecule has 5 heteroatoms. The zero-order valence-corrected chi connectivity index (χ0v) is 12.8. The number of ketones is 2. The number of benzene rings is 2. The van der Waals surface area contributed by atoms with Crippen LogP contribution in [0.4, 0.5) is 0 Å². The van der Waals surface area contributed by atoms with Crippen molar-refractivity contribution in [2.24, 2.45) is 0 Å². The predicted octanol–water partition coefficient (Wildman–Crippen LogP) is 3.09. The first-order valence-corrected chi connectivity index (χ1v) is 7.20. The molecule has 3 rings (SSSR count). The van der Waals surface area contributed by atoms with Gasteiger partial charge in [-0.15, -0.1) is 0 Å². The topological polar surface area (TPSA) is 83.8 Å². The average molecular weight is 322 g/mol. The van der Waals surface area contributed by atoms with E-state index in [1.807, 2.05) is 0 Å². The number of carbonyl (C=O) groups is 2. The summed E-state index contributed by atoms with van der Waals surface area (Å²) < 4.78 is 5.04. The summed E-state index contributed by atoms with van der Waals surface area (Å²) in [6, 6.07) is 14.5. The van der Waals surface area contributed by atoms with Crippen LogP contribution in [0.1, 0.15) is 11.1 Å². The molecule has 0 aliphatic heterocycles. The van der Waals surface area contributed by atoms with Crippen LogP contribution in [-0.2, 0) is 9.59 Å². The maximum absolute atomic E-state index is 12.5. The van der Waals surface area contributed by atoms with E-state index in [-0.39, 0.29) is 11.1 Å².